The fraction of sp³-hybridized carbons (Fsp3) is 0.211. The van der Waals surface area contributed by atoms with E-state index in [0.717, 1.165) is 11.1 Å². The Morgan fingerprint density at radius 2 is 1.50 bits per heavy atom. The van der Waals surface area contributed by atoms with Gasteiger partial charge in [-0.1, -0.05) is 0 Å². The van der Waals surface area contributed by atoms with E-state index < -0.39 is 33.1 Å². The Hall–Kier alpha value is -2.81. The fourth-order valence-corrected chi connectivity index (χ4v) is 2.99. The van der Waals surface area contributed by atoms with Gasteiger partial charge in [-0.15, -0.1) is 0 Å². The zero-order chi connectivity index (χ0) is 18.6. The van der Waals surface area contributed by atoms with E-state index in [-0.39, 0.29) is 18.5 Å². The molecule has 6 nitrogen and oxygen atoms in total. The van der Waals surface area contributed by atoms with Crippen molar-refractivity contribution < 1.29 is 19.1 Å². The zero-order valence-electron chi connectivity index (χ0n) is 14.0. The third kappa shape index (κ3) is 6.98. The van der Waals surface area contributed by atoms with Gasteiger partial charge in [0.15, 0.2) is 0 Å². The molecule has 0 saturated heterocycles. The van der Waals surface area contributed by atoms with Gasteiger partial charge in [0.2, 0.25) is 0 Å². The second-order valence-electron chi connectivity index (χ2n) is 5.25. The van der Waals surface area contributed by atoms with Crippen LogP contribution in [0.5, 0.6) is 0 Å². The van der Waals surface area contributed by atoms with Crippen LogP contribution in [-0.2, 0) is 27.5 Å². The second kappa shape index (κ2) is 10.9. The van der Waals surface area contributed by atoms with Crippen molar-refractivity contribution in [2.24, 2.45) is 0 Å². The number of carbonyl (C=O) groups is 2. The van der Waals surface area contributed by atoms with Crippen LogP contribution in [0.15, 0.2) is 60.7 Å². The number of nitrogens with zero attached hydrogens (tertiary/aromatic N) is 1. The van der Waals surface area contributed by atoms with Gasteiger partial charge in [0.1, 0.15) is 0 Å². The van der Waals surface area contributed by atoms with Crippen molar-refractivity contribution >= 4 is 27.0 Å². The Bertz CT molecular complexity index is 747. The minimum atomic E-state index is -0.901. The average molecular weight is 417 g/mol. The van der Waals surface area contributed by atoms with Crippen LogP contribution < -0.4 is 5.32 Å². The van der Waals surface area contributed by atoms with E-state index in [1.165, 1.54) is 0 Å². The molecule has 134 valence electrons. The maximum atomic E-state index is 12.2. The number of carbonyl (C=O) groups excluding carboxylic acids is 2. The minimum absolute atomic E-state index is 0.0991. The number of hydrogen-bond acceptors (Lipinski definition) is 5. The van der Waals surface area contributed by atoms with Crippen LogP contribution >= 0.6 is 0 Å². The summed E-state index contributed by atoms with van der Waals surface area (Å²) < 4.78 is 10.4. The van der Waals surface area contributed by atoms with E-state index in [4.69, 9.17) is 14.7 Å². The monoisotopic (exact) mass is 418 g/mol. The summed E-state index contributed by atoms with van der Waals surface area (Å²) in [6.45, 7) is 0.207. The van der Waals surface area contributed by atoms with E-state index in [2.05, 4.69) is 5.32 Å². The first-order valence-electron chi connectivity index (χ1n) is 7.87. The number of nitrogens with one attached hydrogen (secondary N) is 1. The molecule has 0 fully saturated rings. The molecule has 1 N–H and O–H groups in total. The molecule has 2 aromatic rings. The molecular weight excluding hydrogens is 399 g/mol. The van der Waals surface area contributed by atoms with E-state index in [1.54, 1.807) is 0 Å². The molecule has 1 amide bonds. The van der Waals surface area contributed by atoms with E-state index in [9.17, 15) is 9.59 Å². The van der Waals surface area contributed by atoms with Crippen LogP contribution in [0.1, 0.15) is 11.1 Å². The predicted octanol–water partition coefficient (Wildman–Crippen LogP) is 2.63. The average Bonchev–Trinajstić information content (AvgIpc) is 2.69. The fourth-order valence-electron chi connectivity index (χ4n) is 2.03. The zero-order valence-corrected chi connectivity index (χ0v) is 15.7. The molecule has 2 aromatic carbocycles. The topological polar surface area (TPSA) is 88.4 Å². The second-order valence-corrected chi connectivity index (χ2v) is 6.94. The molecule has 0 saturated carbocycles. The molecule has 0 bridgehead atoms. The summed E-state index contributed by atoms with van der Waals surface area (Å²) in [4.78, 5) is 26.2. The number of benzene rings is 2. The van der Waals surface area contributed by atoms with Crippen LogP contribution in [0.2, 0.25) is 5.32 Å². The standard InChI is InChI=1S/C19H18N2O4Se/c20-14-26-13-17(18(22)24-11-15-7-3-1-4-8-15)21-19(23)25-12-16-9-5-2-6-10-16/h1-10,17H,11-13H2,(H,21,23). The first-order chi connectivity index (χ1) is 12.7. The van der Waals surface area contributed by atoms with E-state index in [0.29, 0.717) is 0 Å². The normalized spacial score (nSPS) is 11.0. The third-order valence-corrected chi connectivity index (χ3v) is 4.65. The Morgan fingerprint density at radius 3 is 2.04 bits per heavy atom. The molecule has 7 heteroatoms. The number of nitriles is 1. The molecule has 0 heterocycles. The number of amides is 1. The van der Waals surface area contributed by atoms with Gasteiger partial charge in [0, 0.05) is 0 Å². The number of hydrogen-bond donors (Lipinski definition) is 1. The van der Waals surface area contributed by atoms with Gasteiger partial charge in [0.25, 0.3) is 0 Å². The van der Waals surface area contributed by atoms with Crippen molar-refractivity contribution in [1.82, 2.24) is 5.32 Å². The van der Waals surface area contributed by atoms with Gasteiger partial charge < -0.3 is 0 Å². The molecule has 1 unspecified atom stereocenters. The summed E-state index contributed by atoms with van der Waals surface area (Å²) >= 11 is -0.441. The molecule has 0 radical (unpaired) electrons. The summed E-state index contributed by atoms with van der Waals surface area (Å²) in [6.07, 6.45) is -0.718. The van der Waals surface area contributed by atoms with Crippen molar-refractivity contribution in [3.8, 4) is 4.97 Å². The predicted molar refractivity (Wildman–Crippen MR) is 96.0 cm³/mol. The van der Waals surface area contributed by atoms with Gasteiger partial charge in [-0.05, 0) is 0 Å². The number of rotatable bonds is 8. The Kier molecular flexibility index (Phi) is 8.20. The van der Waals surface area contributed by atoms with Crippen molar-refractivity contribution in [2.75, 3.05) is 0 Å². The molecule has 26 heavy (non-hydrogen) atoms. The summed E-state index contributed by atoms with van der Waals surface area (Å²) in [7, 11) is 0. The summed E-state index contributed by atoms with van der Waals surface area (Å²) in [6, 6.07) is 17.5. The van der Waals surface area contributed by atoms with Crippen LogP contribution in [0.3, 0.4) is 0 Å². The number of alkyl carbamates (subject to hydrolysis) is 1. The molecule has 0 aliphatic heterocycles. The van der Waals surface area contributed by atoms with Crippen LogP contribution in [0, 0.1) is 10.2 Å². The van der Waals surface area contributed by atoms with Gasteiger partial charge in [-0.25, -0.2) is 0 Å². The summed E-state index contributed by atoms with van der Waals surface area (Å²) in [5, 5.41) is 11.5. The van der Waals surface area contributed by atoms with Gasteiger partial charge >= 0.3 is 158 Å². The number of ether oxygens (including phenoxy) is 2. The Labute approximate surface area is 158 Å². The third-order valence-electron chi connectivity index (χ3n) is 3.33. The molecule has 0 aliphatic rings. The summed E-state index contributed by atoms with van der Waals surface area (Å²) in [5.41, 5.74) is 1.68. The molecular formula is C19H18N2O4Se. The van der Waals surface area contributed by atoms with Crippen molar-refractivity contribution in [2.45, 2.75) is 24.6 Å². The van der Waals surface area contributed by atoms with Crippen molar-refractivity contribution in [3.05, 3.63) is 71.8 Å². The maximum absolute atomic E-state index is 12.2. The van der Waals surface area contributed by atoms with Crippen LogP contribution in [0.4, 0.5) is 4.79 Å². The quantitative estimate of drug-likeness (QED) is 0.527. The van der Waals surface area contributed by atoms with Gasteiger partial charge in [0.05, 0.1) is 0 Å². The Balaban J connectivity index is 1.85. The Morgan fingerprint density at radius 1 is 0.962 bits per heavy atom. The molecule has 0 aliphatic carbocycles. The van der Waals surface area contributed by atoms with E-state index in [1.807, 2.05) is 65.6 Å². The summed E-state index contributed by atoms with van der Waals surface area (Å²) in [5.74, 6) is -0.581. The van der Waals surface area contributed by atoms with E-state index >= 15 is 0 Å². The van der Waals surface area contributed by atoms with Gasteiger partial charge in [-0.2, -0.15) is 0 Å². The van der Waals surface area contributed by atoms with Crippen molar-refractivity contribution in [3.63, 3.8) is 0 Å². The number of esters is 1. The SMILES string of the molecule is N#C[Se]CC(NC(=O)OCc1ccccc1)C(=O)OCc1ccccc1. The van der Waals surface area contributed by atoms with Crippen LogP contribution in [0.25, 0.3) is 0 Å². The molecule has 0 aromatic heterocycles. The van der Waals surface area contributed by atoms with Crippen LogP contribution in [-0.4, -0.2) is 33.1 Å². The first kappa shape index (κ1) is 19.5. The van der Waals surface area contributed by atoms with Gasteiger partial charge in [-0.3, -0.25) is 0 Å². The van der Waals surface area contributed by atoms with Crippen molar-refractivity contribution in [1.29, 1.82) is 5.26 Å². The molecule has 2 rings (SSSR count). The first-order valence-corrected chi connectivity index (χ1v) is 9.94. The molecule has 1 atom stereocenters. The molecule has 0 spiro atoms.